The Hall–Kier alpha value is -2.06. The van der Waals surface area contributed by atoms with Crippen LogP contribution in [0.3, 0.4) is 0 Å². The number of benzene rings is 1. The summed E-state index contributed by atoms with van der Waals surface area (Å²) in [5.74, 6) is -1.50. The number of carbonyl (C=O) groups is 3. The van der Waals surface area contributed by atoms with Crippen molar-refractivity contribution >= 4 is 35.2 Å². The normalized spacial score (nSPS) is 17.9. The van der Waals surface area contributed by atoms with Crippen molar-refractivity contribution in [3.63, 3.8) is 0 Å². The minimum absolute atomic E-state index is 0.0989. The van der Waals surface area contributed by atoms with Crippen molar-refractivity contribution in [3.8, 4) is 0 Å². The van der Waals surface area contributed by atoms with Crippen LogP contribution >= 0.6 is 11.8 Å². The highest BCUT2D eigenvalue weighted by molar-refractivity contribution is 8.01. The summed E-state index contributed by atoms with van der Waals surface area (Å²) in [6.45, 7) is -0.564. The predicted octanol–water partition coefficient (Wildman–Crippen LogP) is 0.140. The van der Waals surface area contributed by atoms with Crippen molar-refractivity contribution in [2.75, 3.05) is 19.0 Å². The van der Waals surface area contributed by atoms with Gasteiger partial charge < -0.3 is 20.5 Å². The van der Waals surface area contributed by atoms with Crippen LogP contribution in [-0.2, 0) is 19.1 Å². The third-order valence-corrected chi connectivity index (χ3v) is 4.36. The van der Waals surface area contributed by atoms with Crippen LogP contribution in [0.2, 0.25) is 0 Å². The lowest BCUT2D eigenvalue weighted by Crippen LogP contribution is -2.45. The molecular weight excluding hydrogens is 308 g/mol. The summed E-state index contributed by atoms with van der Waals surface area (Å²) < 4.78 is 4.46. The van der Waals surface area contributed by atoms with Gasteiger partial charge in [-0.2, -0.15) is 0 Å². The molecule has 1 heterocycles. The lowest BCUT2D eigenvalue weighted by molar-refractivity contribution is -0.146. The van der Waals surface area contributed by atoms with Crippen LogP contribution in [0.1, 0.15) is 6.42 Å². The molecule has 2 rings (SSSR count). The van der Waals surface area contributed by atoms with E-state index in [4.69, 9.17) is 5.11 Å². The van der Waals surface area contributed by atoms with Crippen molar-refractivity contribution in [3.05, 3.63) is 24.3 Å². The van der Waals surface area contributed by atoms with E-state index < -0.39 is 29.8 Å². The Morgan fingerprint density at radius 2 is 2.18 bits per heavy atom. The number of thioether (sulfide) groups is 1. The van der Waals surface area contributed by atoms with E-state index in [0.717, 1.165) is 10.6 Å². The van der Waals surface area contributed by atoms with Gasteiger partial charge in [0.2, 0.25) is 11.8 Å². The first-order valence-corrected chi connectivity index (χ1v) is 7.47. The molecule has 0 fully saturated rings. The molecule has 22 heavy (non-hydrogen) atoms. The van der Waals surface area contributed by atoms with E-state index >= 15 is 0 Å². The van der Waals surface area contributed by atoms with Crippen molar-refractivity contribution in [1.82, 2.24) is 5.32 Å². The van der Waals surface area contributed by atoms with Gasteiger partial charge in [0.1, 0.15) is 0 Å². The maximum atomic E-state index is 12.0. The van der Waals surface area contributed by atoms with E-state index in [2.05, 4.69) is 15.4 Å². The average Bonchev–Trinajstić information content (AvgIpc) is 2.52. The number of aliphatic hydroxyl groups is 1. The van der Waals surface area contributed by atoms with Crippen LogP contribution in [0.25, 0.3) is 0 Å². The first-order valence-electron chi connectivity index (χ1n) is 6.59. The SMILES string of the molecule is COC(=O)[C@@H](CO)NC(=O)C[C@@H]1Sc2ccccc2NC1=O. The number of fused-ring (bicyclic) bond motifs is 1. The molecule has 0 saturated carbocycles. The minimum Gasteiger partial charge on any atom is -0.467 e. The summed E-state index contributed by atoms with van der Waals surface area (Å²) in [5.41, 5.74) is 0.719. The fourth-order valence-electron chi connectivity index (χ4n) is 1.97. The van der Waals surface area contributed by atoms with E-state index in [-0.39, 0.29) is 12.3 Å². The van der Waals surface area contributed by atoms with E-state index in [1.54, 1.807) is 6.07 Å². The van der Waals surface area contributed by atoms with Crippen molar-refractivity contribution in [2.45, 2.75) is 22.6 Å². The summed E-state index contributed by atoms with van der Waals surface area (Å²) >= 11 is 1.29. The molecule has 1 aromatic carbocycles. The van der Waals surface area contributed by atoms with Gasteiger partial charge in [-0.3, -0.25) is 9.59 Å². The molecule has 2 amide bonds. The molecule has 0 unspecified atom stereocenters. The Morgan fingerprint density at radius 1 is 1.45 bits per heavy atom. The fraction of sp³-hybridized carbons (Fsp3) is 0.357. The molecule has 7 nitrogen and oxygen atoms in total. The fourth-order valence-corrected chi connectivity index (χ4v) is 3.08. The van der Waals surface area contributed by atoms with E-state index in [9.17, 15) is 14.4 Å². The molecule has 8 heteroatoms. The Balaban J connectivity index is 1.97. The van der Waals surface area contributed by atoms with Gasteiger partial charge in [0.25, 0.3) is 0 Å². The molecule has 0 spiro atoms. The topological polar surface area (TPSA) is 105 Å². The number of esters is 1. The monoisotopic (exact) mass is 324 g/mol. The number of anilines is 1. The number of rotatable bonds is 5. The van der Waals surface area contributed by atoms with Gasteiger partial charge in [-0.1, -0.05) is 12.1 Å². The maximum absolute atomic E-state index is 12.0. The van der Waals surface area contributed by atoms with E-state index in [1.807, 2.05) is 18.2 Å². The Kier molecular flexibility index (Phi) is 5.40. The molecule has 0 aromatic heterocycles. The van der Waals surface area contributed by atoms with Gasteiger partial charge in [-0.15, -0.1) is 11.8 Å². The van der Waals surface area contributed by atoms with E-state index in [0.29, 0.717) is 0 Å². The molecule has 1 aromatic rings. The zero-order valence-electron chi connectivity index (χ0n) is 11.9. The first-order chi connectivity index (χ1) is 10.5. The zero-order chi connectivity index (χ0) is 16.1. The highest BCUT2D eigenvalue weighted by Crippen LogP contribution is 2.36. The Bertz CT molecular complexity index is 592. The molecule has 0 bridgehead atoms. The van der Waals surface area contributed by atoms with Crippen LogP contribution in [0.5, 0.6) is 0 Å². The number of amides is 2. The number of aliphatic hydroxyl groups excluding tert-OH is 1. The van der Waals surface area contributed by atoms with Crippen LogP contribution in [-0.4, -0.2) is 47.9 Å². The van der Waals surface area contributed by atoms with Crippen LogP contribution in [0.4, 0.5) is 5.69 Å². The van der Waals surface area contributed by atoms with Gasteiger partial charge in [-0.05, 0) is 12.1 Å². The second-order valence-electron chi connectivity index (χ2n) is 4.62. The number of methoxy groups -OCH3 is 1. The molecular formula is C14H16N2O5S. The molecule has 1 aliphatic rings. The van der Waals surface area contributed by atoms with Gasteiger partial charge in [0.05, 0.1) is 24.7 Å². The van der Waals surface area contributed by atoms with Crippen molar-refractivity contribution in [2.24, 2.45) is 0 Å². The highest BCUT2D eigenvalue weighted by Gasteiger charge is 2.30. The largest absolute Gasteiger partial charge is 0.467 e. The lowest BCUT2D eigenvalue weighted by Gasteiger charge is -2.24. The highest BCUT2D eigenvalue weighted by atomic mass is 32.2. The number of carbonyl (C=O) groups excluding carboxylic acids is 3. The third-order valence-electron chi connectivity index (χ3n) is 3.08. The lowest BCUT2D eigenvalue weighted by atomic mass is 10.2. The predicted molar refractivity (Wildman–Crippen MR) is 80.4 cm³/mol. The van der Waals surface area contributed by atoms with Crippen LogP contribution < -0.4 is 10.6 Å². The molecule has 1 aliphatic heterocycles. The molecule has 0 saturated heterocycles. The summed E-state index contributed by atoms with van der Waals surface area (Å²) in [4.78, 5) is 36.1. The summed E-state index contributed by atoms with van der Waals surface area (Å²) in [6.07, 6.45) is -0.0989. The van der Waals surface area contributed by atoms with Gasteiger partial charge in [0.15, 0.2) is 6.04 Å². The number of para-hydroxylation sites is 1. The van der Waals surface area contributed by atoms with Crippen LogP contribution in [0, 0.1) is 0 Å². The van der Waals surface area contributed by atoms with Gasteiger partial charge in [0, 0.05) is 11.3 Å². The second-order valence-corrected chi connectivity index (χ2v) is 5.87. The quantitative estimate of drug-likeness (QED) is 0.666. The Morgan fingerprint density at radius 3 is 2.86 bits per heavy atom. The molecule has 2 atom stereocenters. The zero-order valence-corrected chi connectivity index (χ0v) is 12.7. The minimum atomic E-state index is -1.12. The van der Waals surface area contributed by atoms with Gasteiger partial charge >= 0.3 is 5.97 Å². The molecule has 118 valence electrons. The van der Waals surface area contributed by atoms with Gasteiger partial charge in [-0.25, -0.2) is 4.79 Å². The van der Waals surface area contributed by atoms with Crippen molar-refractivity contribution in [1.29, 1.82) is 0 Å². The summed E-state index contributed by atoms with van der Waals surface area (Å²) in [5, 5.41) is 13.6. The first kappa shape index (κ1) is 16.3. The molecule has 0 aliphatic carbocycles. The maximum Gasteiger partial charge on any atom is 0.330 e. The molecule has 0 radical (unpaired) electrons. The Labute approximate surface area is 131 Å². The number of hydrogen-bond acceptors (Lipinski definition) is 6. The van der Waals surface area contributed by atoms with Crippen molar-refractivity contribution < 1.29 is 24.2 Å². The van der Waals surface area contributed by atoms with Crippen LogP contribution in [0.15, 0.2) is 29.2 Å². The number of nitrogens with one attached hydrogen (secondary N) is 2. The second kappa shape index (κ2) is 7.28. The smallest absolute Gasteiger partial charge is 0.330 e. The van der Waals surface area contributed by atoms with E-state index in [1.165, 1.54) is 18.9 Å². The summed E-state index contributed by atoms with van der Waals surface area (Å²) in [6, 6.07) is 6.18. The number of hydrogen-bond donors (Lipinski definition) is 3. The third kappa shape index (κ3) is 3.77. The average molecular weight is 324 g/mol. The number of ether oxygens (including phenoxy) is 1. The molecule has 3 N–H and O–H groups in total. The standard InChI is InChI=1S/C14H16N2O5S/c1-21-14(20)9(7-17)15-12(18)6-11-13(19)16-8-4-2-3-5-10(8)22-11/h2-5,9,11,17H,6-7H2,1H3,(H,15,18)(H,16,19)/t9-,11+/m1/s1. The summed E-state index contributed by atoms with van der Waals surface area (Å²) in [7, 11) is 1.17.